The summed E-state index contributed by atoms with van der Waals surface area (Å²) in [5.41, 5.74) is 0. The van der Waals surface area contributed by atoms with Gasteiger partial charge >= 0.3 is 0 Å². The van der Waals surface area contributed by atoms with Gasteiger partial charge < -0.3 is 8.97 Å². The van der Waals surface area contributed by atoms with Crippen LogP contribution in [0.15, 0.2) is 0 Å². The van der Waals surface area contributed by atoms with Gasteiger partial charge in [0.15, 0.2) is 0 Å². The first-order chi connectivity index (χ1) is 14.4. The highest BCUT2D eigenvalue weighted by Gasteiger charge is 2.23. The Labute approximate surface area is 193 Å². The molecule has 182 valence electrons. The molecule has 0 aromatic carbocycles. The van der Waals surface area contributed by atoms with Crippen LogP contribution < -0.4 is 0 Å². The molecule has 2 heteroatoms. The second-order valence-electron chi connectivity index (χ2n) is 10.8. The third kappa shape index (κ3) is 16.6. The highest BCUT2D eigenvalue weighted by Crippen LogP contribution is 2.16. The van der Waals surface area contributed by atoms with Crippen LogP contribution >= 0.6 is 0 Å². The van der Waals surface area contributed by atoms with Gasteiger partial charge in [0, 0.05) is 12.8 Å². The third-order valence-electron chi connectivity index (χ3n) is 7.35. The van der Waals surface area contributed by atoms with Crippen molar-refractivity contribution in [2.45, 2.75) is 130 Å². The summed E-state index contributed by atoms with van der Waals surface area (Å²) in [7, 11) is 5.11. The van der Waals surface area contributed by atoms with E-state index in [0.29, 0.717) is 0 Å². The molecular weight excluding hydrogens is 364 g/mol. The largest absolute Gasteiger partial charge is 0.326 e. The van der Waals surface area contributed by atoms with Gasteiger partial charge in [-0.15, -0.1) is 0 Å². The summed E-state index contributed by atoms with van der Waals surface area (Å²) in [6.07, 6.45) is 22.5. The van der Waals surface area contributed by atoms with E-state index in [0.717, 1.165) is 0 Å². The topological polar surface area (TPSA) is 0 Å². The molecule has 0 radical (unpaired) electrons. The SMILES string of the molecule is CCCCCC[N+](C)(CCCCC)CCCC[N+](C)(CCCCC)CCCCCC. The van der Waals surface area contributed by atoms with Gasteiger partial charge in [-0.05, 0) is 51.4 Å². The maximum atomic E-state index is 2.56. The van der Waals surface area contributed by atoms with Gasteiger partial charge in [0.25, 0.3) is 0 Å². The predicted molar refractivity (Wildman–Crippen MR) is 138 cm³/mol. The molecule has 0 fully saturated rings. The van der Waals surface area contributed by atoms with E-state index in [2.05, 4.69) is 41.8 Å². The van der Waals surface area contributed by atoms with E-state index in [1.165, 1.54) is 151 Å². The maximum absolute atomic E-state index is 2.56. The molecule has 0 rings (SSSR count). The Bertz CT molecular complexity index is 323. The zero-order valence-corrected chi connectivity index (χ0v) is 22.5. The molecule has 0 aromatic heterocycles. The van der Waals surface area contributed by atoms with Gasteiger partial charge in [0.05, 0.1) is 53.4 Å². The van der Waals surface area contributed by atoms with Gasteiger partial charge in [-0.3, -0.25) is 0 Å². The molecule has 0 aliphatic heterocycles. The second kappa shape index (κ2) is 19.6. The molecule has 2 atom stereocenters. The molecule has 30 heavy (non-hydrogen) atoms. The van der Waals surface area contributed by atoms with Crippen LogP contribution in [0.25, 0.3) is 0 Å². The lowest BCUT2D eigenvalue weighted by atomic mass is 10.1. The molecule has 0 aliphatic rings. The van der Waals surface area contributed by atoms with Crippen molar-refractivity contribution in [3.63, 3.8) is 0 Å². The van der Waals surface area contributed by atoms with Gasteiger partial charge in [-0.25, -0.2) is 0 Å². The first-order valence-electron chi connectivity index (χ1n) is 14.1. The molecule has 0 aliphatic carbocycles. The molecule has 2 unspecified atom stereocenters. The van der Waals surface area contributed by atoms with Crippen LogP contribution in [0.2, 0.25) is 0 Å². The van der Waals surface area contributed by atoms with Crippen molar-refractivity contribution >= 4 is 0 Å². The van der Waals surface area contributed by atoms with Crippen LogP contribution in [0.3, 0.4) is 0 Å². The Hall–Kier alpha value is -0.0800. The Morgan fingerprint density at radius 3 is 0.767 bits per heavy atom. The fourth-order valence-corrected chi connectivity index (χ4v) is 4.99. The summed E-state index contributed by atoms with van der Waals surface area (Å²) in [5, 5.41) is 0. The first-order valence-corrected chi connectivity index (χ1v) is 14.1. The van der Waals surface area contributed by atoms with Gasteiger partial charge in [0.1, 0.15) is 0 Å². The molecule has 0 saturated heterocycles. The highest BCUT2D eigenvalue weighted by molar-refractivity contribution is 4.51. The fourth-order valence-electron chi connectivity index (χ4n) is 4.99. The number of rotatable bonds is 23. The van der Waals surface area contributed by atoms with Crippen molar-refractivity contribution in [1.82, 2.24) is 0 Å². The highest BCUT2D eigenvalue weighted by atomic mass is 15.3. The minimum absolute atomic E-state index is 1.33. The maximum Gasteiger partial charge on any atom is 0.0786 e. The Morgan fingerprint density at radius 1 is 0.300 bits per heavy atom. The number of unbranched alkanes of at least 4 members (excludes halogenated alkanes) is 11. The smallest absolute Gasteiger partial charge is 0.0786 e. The normalized spacial score (nSPS) is 15.8. The van der Waals surface area contributed by atoms with Gasteiger partial charge in [0.2, 0.25) is 0 Å². The third-order valence-corrected chi connectivity index (χ3v) is 7.35. The molecule has 2 nitrogen and oxygen atoms in total. The molecule has 0 spiro atoms. The summed E-state index contributed by atoms with van der Waals surface area (Å²) >= 11 is 0. The summed E-state index contributed by atoms with van der Waals surface area (Å²) in [6.45, 7) is 17.8. The summed E-state index contributed by atoms with van der Waals surface area (Å²) < 4.78 is 2.67. The molecule has 0 bridgehead atoms. The molecule has 0 amide bonds. The van der Waals surface area contributed by atoms with E-state index in [-0.39, 0.29) is 0 Å². The first kappa shape index (κ1) is 29.9. The number of hydrogen-bond acceptors (Lipinski definition) is 0. The zero-order valence-electron chi connectivity index (χ0n) is 22.5. The predicted octanol–water partition coefficient (Wildman–Crippen LogP) is 8.20. The van der Waals surface area contributed by atoms with Crippen molar-refractivity contribution in [2.75, 3.05) is 53.4 Å². The van der Waals surface area contributed by atoms with Gasteiger partial charge in [-0.1, -0.05) is 66.2 Å². The molecule has 0 heterocycles. The fraction of sp³-hybridized carbons (Fsp3) is 1.00. The van der Waals surface area contributed by atoms with Crippen LogP contribution in [0.5, 0.6) is 0 Å². The molecule has 0 N–H and O–H groups in total. The standard InChI is InChI=1S/C28H62N2/c1-7-11-15-19-25-29(5,23-17-13-9-3)27-21-22-28-30(6,24-18-14-10-4)26-20-16-12-8-2/h7-28H2,1-6H3/q+2. The average Bonchev–Trinajstić information content (AvgIpc) is 2.73. The van der Waals surface area contributed by atoms with Crippen LogP contribution in [0, 0.1) is 0 Å². The number of hydrogen-bond donors (Lipinski definition) is 0. The Kier molecular flexibility index (Phi) is 19.5. The van der Waals surface area contributed by atoms with E-state index in [9.17, 15) is 0 Å². The van der Waals surface area contributed by atoms with Crippen LogP contribution in [-0.4, -0.2) is 62.3 Å². The van der Waals surface area contributed by atoms with Crippen molar-refractivity contribution < 1.29 is 8.97 Å². The monoisotopic (exact) mass is 426 g/mol. The van der Waals surface area contributed by atoms with Crippen molar-refractivity contribution in [2.24, 2.45) is 0 Å². The minimum Gasteiger partial charge on any atom is -0.326 e. The van der Waals surface area contributed by atoms with Crippen LogP contribution in [0.4, 0.5) is 0 Å². The lowest BCUT2D eigenvalue weighted by molar-refractivity contribution is -0.916. The van der Waals surface area contributed by atoms with E-state index < -0.39 is 0 Å². The lowest BCUT2D eigenvalue weighted by Crippen LogP contribution is -2.48. The molecule has 0 aromatic rings. The summed E-state index contributed by atoms with van der Waals surface area (Å²) in [6, 6.07) is 0. The second-order valence-corrected chi connectivity index (χ2v) is 10.8. The van der Waals surface area contributed by atoms with E-state index in [1.54, 1.807) is 0 Å². The molecule has 0 saturated carbocycles. The van der Waals surface area contributed by atoms with Gasteiger partial charge in [-0.2, -0.15) is 0 Å². The van der Waals surface area contributed by atoms with E-state index >= 15 is 0 Å². The Morgan fingerprint density at radius 2 is 0.500 bits per heavy atom. The van der Waals surface area contributed by atoms with Crippen molar-refractivity contribution in [1.29, 1.82) is 0 Å². The average molecular weight is 427 g/mol. The van der Waals surface area contributed by atoms with Crippen molar-refractivity contribution in [3.8, 4) is 0 Å². The quantitative estimate of drug-likeness (QED) is 0.114. The molecular formula is C28H62N2+2. The zero-order chi connectivity index (χ0) is 22.6. The lowest BCUT2D eigenvalue weighted by Gasteiger charge is -2.37. The van der Waals surface area contributed by atoms with Crippen LogP contribution in [-0.2, 0) is 0 Å². The van der Waals surface area contributed by atoms with E-state index in [4.69, 9.17) is 0 Å². The number of quaternary nitrogens is 2. The van der Waals surface area contributed by atoms with Crippen molar-refractivity contribution in [3.05, 3.63) is 0 Å². The summed E-state index contributed by atoms with van der Waals surface area (Å²) in [5.74, 6) is 0. The Balaban J connectivity index is 4.52. The van der Waals surface area contributed by atoms with Crippen LogP contribution in [0.1, 0.15) is 130 Å². The minimum atomic E-state index is 1.33. The summed E-state index contributed by atoms with van der Waals surface area (Å²) in [4.78, 5) is 0. The van der Waals surface area contributed by atoms with E-state index in [1.807, 2.05) is 0 Å². The number of nitrogens with zero attached hydrogens (tertiary/aromatic N) is 2.